The maximum atomic E-state index is 14.1. The molecule has 0 saturated carbocycles. The van der Waals surface area contributed by atoms with Gasteiger partial charge >= 0.3 is 0 Å². The van der Waals surface area contributed by atoms with Crippen LogP contribution in [0, 0.1) is 11.7 Å². The highest BCUT2D eigenvalue weighted by molar-refractivity contribution is 5.94. The largest absolute Gasteiger partial charge is 0.394 e. The number of nitrogens with one attached hydrogen (secondary N) is 1. The minimum absolute atomic E-state index is 0.0614. The summed E-state index contributed by atoms with van der Waals surface area (Å²) in [5.41, 5.74) is 2.38. The summed E-state index contributed by atoms with van der Waals surface area (Å²) in [6, 6.07) is 4.64. The molecule has 1 aliphatic heterocycles. The molecular weight excluding hydrogens is 333 g/mol. The zero-order chi connectivity index (χ0) is 18.8. The first-order valence-electron chi connectivity index (χ1n) is 9.09. The molecule has 2 N–H and O–H groups in total. The molecule has 1 aromatic heterocycles. The summed E-state index contributed by atoms with van der Waals surface area (Å²) in [6.07, 6.45) is 3.66. The van der Waals surface area contributed by atoms with Gasteiger partial charge < -0.3 is 15.0 Å². The van der Waals surface area contributed by atoms with Crippen molar-refractivity contribution in [2.24, 2.45) is 5.92 Å². The van der Waals surface area contributed by atoms with E-state index in [0.717, 1.165) is 11.1 Å². The first kappa shape index (κ1) is 18.6. The molecule has 1 aliphatic rings. The number of halogens is 1. The van der Waals surface area contributed by atoms with Crippen molar-refractivity contribution >= 4 is 22.4 Å². The molecule has 2 atom stereocenters. The van der Waals surface area contributed by atoms with E-state index in [4.69, 9.17) is 0 Å². The van der Waals surface area contributed by atoms with Gasteiger partial charge in [-0.15, -0.1) is 0 Å². The van der Waals surface area contributed by atoms with E-state index < -0.39 is 0 Å². The summed E-state index contributed by atoms with van der Waals surface area (Å²) in [6.45, 7) is 5.77. The molecule has 2 heterocycles. The summed E-state index contributed by atoms with van der Waals surface area (Å²) >= 11 is 0. The van der Waals surface area contributed by atoms with Gasteiger partial charge in [0.2, 0.25) is 5.91 Å². The Morgan fingerprint density at radius 2 is 2.08 bits per heavy atom. The van der Waals surface area contributed by atoms with Crippen LogP contribution in [0.4, 0.5) is 4.39 Å². The van der Waals surface area contributed by atoms with Crippen molar-refractivity contribution in [1.82, 2.24) is 14.8 Å². The highest BCUT2D eigenvalue weighted by atomic mass is 19.1. The van der Waals surface area contributed by atoms with Gasteiger partial charge in [-0.3, -0.25) is 9.69 Å². The number of carbonyl (C=O) groups excluding carboxylic acids is 1. The van der Waals surface area contributed by atoms with Crippen LogP contribution in [0.3, 0.4) is 0 Å². The van der Waals surface area contributed by atoms with E-state index in [9.17, 15) is 14.3 Å². The van der Waals surface area contributed by atoms with Crippen LogP contribution < -0.4 is 0 Å². The van der Waals surface area contributed by atoms with Gasteiger partial charge in [-0.1, -0.05) is 6.08 Å². The molecule has 0 radical (unpaired) electrons. The van der Waals surface area contributed by atoms with Gasteiger partial charge in [-0.2, -0.15) is 0 Å². The molecule has 2 aromatic rings. The molecule has 1 amide bonds. The molecule has 5 nitrogen and oxygen atoms in total. The lowest BCUT2D eigenvalue weighted by molar-refractivity contribution is -0.134. The minimum Gasteiger partial charge on any atom is -0.394 e. The third-order valence-corrected chi connectivity index (χ3v) is 5.30. The number of nitrogens with zero attached hydrogens (tertiary/aromatic N) is 2. The molecule has 3 rings (SSSR count). The molecule has 1 aromatic carbocycles. The van der Waals surface area contributed by atoms with Crippen molar-refractivity contribution in [3.8, 4) is 0 Å². The van der Waals surface area contributed by atoms with Gasteiger partial charge in [0, 0.05) is 36.8 Å². The summed E-state index contributed by atoms with van der Waals surface area (Å²) in [5, 5.41) is 10.4. The lowest BCUT2D eigenvalue weighted by Gasteiger charge is -2.37. The fraction of sp³-hybridized carbons (Fsp3) is 0.450. The number of aliphatic hydroxyl groups excluding tert-OH is 1. The number of hydrogen-bond acceptors (Lipinski definition) is 3. The number of aromatic nitrogens is 1. The molecule has 0 spiro atoms. The Labute approximate surface area is 153 Å². The van der Waals surface area contributed by atoms with E-state index in [0.29, 0.717) is 30.5 Å². The second kappa shape index (κ2) is 7.60. The number of fused-ring (bicyclic) bond motifs is 1. The molecule has 0 fully saturated rings. The third-order valence-electron chi connectivity index (χ3n) is 5.30. The van der Waals surface area contributed by atoms with Crippen molar-refractivity contribution < 1.29 is 14.3 Å². The molecule has 140 valence electrons. The summed E-state index contributed by atoms with van der Waals surface area (Å²) in [4.78, 5) is 19.8. The Bertz CT molecular complexity index is 826. The molecule has 0 aliphatic carbocycles. The summed E-state index contributed by atoms with van der Waals surface area (Å²) in [5.74, 6) is -0.487. The smallest absolute Gasteiger partial charge is 0.230 e. The number of aromatic amines is 1. The second-order valence-corrected chi connectivity index (χ2v) is 6.74. The summed E-state index contributed by atoms with van der Waals surface area (Å²) < 4.78 is 14.1. The number of benzene rings is 1. The van der Waals surface area contributed by atoms with Crippen LogP contribution in [0.2, 0.25) is 0 Å². The van der Waals surface area contributed by atoms with Crippen LogP contribution in [-0.2, 0) is 4.79 Å². The van der Waals surface area contributed by atoms with Gasteiger partial charge in [0.25, 0.3) is 0 Å². The number of H-pyrrole nitrogens is 1. The standard InChI is InChI=1S/C20H26FN3O2/c1-4-24(5-2)20(26)13-10-16(18(12-25)23(3)11-13)14-6-7-17(21)15-8-9-22-19(14)15/h6-10,13,18,22,25H,4-5,11-12H2,1-3H3. The van der Waals surface area contributed by atoms with E-state index in [1.54, 1.807) is 18.3 Å². The van der Waals surface area contributed by atoms with E-state index in [2.05, 4.69) is 4.98 Å². The number of rotatable bonds is 5. The monoisotopic (exact) mass is 359 g/mol. The fourth-order valence-corrected chi connectivity index (χ4v) is 3.84. The third kappa shape index (κ3) is 3.15. The number of aliphatic hydroxyl groups is 1. The SMILES string of the molecule is CCN(CC)C(=O)C1C=C(c2ccc(F)c3cc[nH]c23)C(CO)N(C)C1. The zero-order valence-corrected chi connectivity index (χ0v) is 15.5. The predicted molar refractivity (Wildman–Crippen MR) is 101 cm³/mol. The van der Waals surface area contributed by atoms with Crippen molar-refractivity contribution in [3.63, 3.8) is 0 Å². The highest BCUT2D eigenvalue weighted by Gasteiger charge is 2.33. The Kier molecular flexibility index (Phi) is 5.44. The number of amides is 1. The van der Waals surface area contributed by atoms with Crippen molar-refractivity contribution in [2.45, 2.75) is 19.9 Å². The van der Waals surface area contributed by atoms with Gasteiger partial charge in [-0.25, -0.2) is 4.39 Å². The van der Waals surface area contributed by atoms with E-state index in [-0.39, 0.29) is 30.3 Å². The molecule has 2 unspecified atom stereocenters. The van der Waals surface area contributed by atoms with E-state index >= 15 is 0 Å². The average Bonchev–Trinajstić information content (AvgIpc) is 3.13. The van der Waals surface area contributed by atoms with Crippen LogP contribution in [0.5, 0.6) is 0 Å². The predicted octanol–water partition coefficient (Wildman–Crippen LogP) is 2.48. The molecular formula is C20H26FN3O2. The number of hydrogen-bond donors (Lipinski definition) is 2. The van der Waals surface area contributed by atoms with Crippen molar-refractivity contribution in [1.29, 1.82) is 0 Å². The minimum atomic E-state index is -0.286. The van der Waals surface area contributed by atoms with Crippen LogP contribution in [0.15, 0.2) is 30.5 Å². The maximum absolute atomic E-state index is 14.1. The van der Waals surface area contributed by atoms with Gasteiger partial charge in [0.05, 0.1) is 24.1 Å². The Hall–Kier alpha value is -2.18. The lowest BCUT2D eigenvalue weighted by Crippen LogP contribution is -2.47. The molecule has 6 heteroatoms. The van der Waals surface area contributed by atoms with Gasteiger partial charge in [0.1, 0.15) is 5.82 Å². The van der Waals surface area contributed by atoms with Crippen molar-refractivity contribution in [3.05, 3.63) is 41.9 Å². The average molecular weight is 359 g/mol. The Balaban J connectivity index is 2.09. The molecule has 0 saturated heterocycles. The topological polar surface area (TPSA) is 59.6 Å². The second-order valence-electron chi connectivity index (χ2n) is 6.74. The van der Waals surface area contributed by atoms with Crippen LogP contribution in [0.1, 0.15) is 19.4 Å². The Morgan fingerprint density at radius 3 is 2.73 bits per heavy atom. The Morgan fingerprint density at radius 1 is 1.35 bits per heavy atom. The molecule has 0 bridgehead atoms. The normalized spacial score (nSPS) is 21.0. The van der Waals surface area contributed by atoms with Crippen LogP contribution in [-0.4, -0.2) is 65.1 Å². The summed E-state index contributed by atoms with van der Waals surface area (Å²) in [7, 11) is 1.91. The van der Waals surface area contributed by atoms with Gasteiger partial charge in [0.15, 0.2) is 0 Å². The van der Waals surface area contributed by atoms with Gasteiger partial charge in [-0.05, 0) is 44.7 Å². The lowest BCUT2D eigenvalue weighted by atomic mass is 9.87. The van der Waals surface area contributed by atoms with E-state index in [1.165, 1.54) is 6.07 Å². The highest BCUT2D eigenvalue weighted by Crippen LogP contribution is 2.34. The van der Waals surface area contributed by atoms with Crippen LogP contribution >= 0.6 is 0 Å². The fourth-order valence-electron chi connectivity index (χ4n) is 3.84. The first-order valence-corrected chi connectivity index (χ1v) is 9.09. The quantitative estimate of drug-likeness (QED) is 0.862. The zero-order valence-electron chi connectivity index (χ0n) is 15.5. The number of carbonyl (C=O) groups is 1. The first-order chi connectivity index (χ1) is 12.5. The molecule has 26 heavy (non-hydrogen) atoms. The van der Waals surface area contributed by atoms with Crippen LogP contribution in [0.25, 0.3) is 16.5 Å². The van der Waals surface area contributed by atoms with E-state index in [1.807, 2.05) is 36.8 Å². The number of likely N-dealkylation sites (N-methyl/N-ethyl adjacent to an activating group) is 1. The maximum Gasteiger partial charge on any atom is 0.230 e. The van der Waals surface area contributed by atoms with Crippen molar-refractivity contribution in [2.75, 3.05) is 33.3 Å².